The molecule has 11 heteroatoms. The molecule has 1 aromatic heterocycles. The molecule has 2 aromatic rings. The van der Waals surface area contributed by atoms with Crippen LogP contribution in [0, 0.1) is 0 Å². The minimum Gasteiger partial charge on any atom is -0.454 e. The van der Waals surface area contributed by atoms with E-state index in [1.54, 1.807) is 23.1 Å². The zero-order valence-electron chi connectivity index (χ0n) is 17.3. The summed E-state index contributed by atoms with van der Waals surface area (Å²) >= 11 is 1.21. The molecule has 2 aliphatic heterocycles. The average Bonchev–Trinajstić information content (AvgIpc) is 3.52. The van der Waals surface area contributed by atoms with Crippen LogP contribution in [0.2, 0.25) is 0 Å². The Balaban J connectivity index is 1.34. The molecular weight excluding hydrogens is 422 g/mol. The number of aromatic nitrogens is 2. The van der Waals surface area contributed by atoms with Crippen molar-refractivity contribution >= 4 is 29.0 Å². The van der Waals surface area contributed by atoms with Gasteiger partial charge in [-0.15, -0.1) is 10.2 Å². The standard InChI is InChI=1S/C20H25N5O5S/c1-2-28-10-4-8-21-20(27)25-9-3-5-14(25)18-23-24-19(31-18)17(26)22-13-6-7-15-16(11-13)30-12-29-15/h6-7,11,14H,2-5,8-10,12H2,1H3,(H,21,27)(H,22,26). The summed E-state index contributed by atoms with van der Waals surface area (Å²) in [7, 11) is 0. The highest BCUT2D eigenvalue weighted by Gasteiger charge is 2.33. The molecule has 0 radical (unpaired) electrons. The number of carbonyl (C=O) groups excluding carboxylic acids is 2. The van der Waals surface area contributed by atoms with Crippen LogP contribution in [-0.2, 0) is 4.74 Å². The van der Waals surface area contributed by atoms with Gasteiger partial charge in [0, 0.05) is 38.1 Å². The van der Waals surface area contributed by atoms with Crippen LogP contribution in [-0.4, -0.2) is 60.1 Å². The highest BCUT2D eigenvalue weighted by molar-refractivity contribution is 7.13. The maximum absolute atomic E-state index is 12.6. The summed E-state index contributed by atoms with van der Waals surface area (Å²) in [5.74, 6) is 0.880. The number of nitrogens with one attached hydrogen (secondary N) is 2. The van der Waals surface area contributed by atoms with Gasteiger partial charge in [-0.2, -0.15) is 0 Å². The normalized spacial score (nSPS) is 17.1. The molecular formula is C20H25N5O5S. The number of ether oxygens (including phenoxy) is 3. The van der Waals surface area contributed by atoms with Crippen LogP contribution >= 0.6 is 11.3 Å². The van der Waals surface area contributed by atoms with Crippen LogP contribution in [0.4, 0.5) is 10.5 Å². The van der Waals surface area contributed by atoms with Gasteiger partial charge in [-0.05, 0) is 38.3 Å². The molecule has 3 amide bonds. The number of amides is 3. The molecule has 0 spiro atoms. The molecule has 2 N–H and O–H groups in total. The third-order valence-electron chi connectivity index (χ3n) is 5.01. The molecule has 1 saturated heterocycles. The van der Waals surface area contributed by atoms with Gasteiger partial charge in [0.05, 0.1) is 6.04 Å². The molecule has 2 aliphatic rings. The van der Waals surface area contributed by atoms with Crippen molar-refractivity contribution in [1.29, 1.82) is 0 Å². The summed E-state index contributed by atoms with van der Waals surface area (Å²) in [6.45, 7) is 4.62. The molecule has 1 unspecified atom stereocenters. The van der Waals surface area contributed by atoms with Crippen molar-refractivity contribution in [2.75, 3.05) is 38.4 Å². The summed E-state index contributed by atoms with van der Waals surface area (Å²) < 4.78 is 15.9. The van der Waals surface area contributed by atoms with Gasteiger partial charge in [0.15, 0.2) is 11.5 Å². The Morgan fingerprint density at radius 2 is 2.16 bits per heavy atom. The van der Waals surface area contributed by atoms with E-state index in [1.807, 2.05) is 6.92 Å². The first-order valence-corrected chi connectivity index (χ1v) is 11.1. The maximum Gasteiger partial charge on any atom is 0.317 e. The zero-order valence-corrected chi connectivity index (χ0v) is 18.1. The second kappa shape index (κ2) is 9.92. The third kappa shape index (κ3) is 5.05. The summed E-state index contributed by atoms with van der Waals surface area (Å²) in [5.41, 5.74) is 0.583. The number of rotatable bonds is 8. The number of likely N-dealkylation sites (tertiary alicyclic amines) is 1. The molecule has 1 aromatic carbocycles. The van der Waals surface area contributed by atoms with Crippen molar-refractivity contribution < 1.29 is 23.8 Å². The Labute approximate surface area is 183 Å². The van der Waals surface area contributed by atoms with Crippen molar-refractivity contribution in [1.82, 2.24) is 20.4 Å². The number of fused-ring (bicyclic) bond motifs is 1. The highest BCUT2D eigenvalue weighted by atomic mass is 32.1. The van der Waals surface area contributed by atoms with E-state index >= 15 is 0 Å². The van der Waals surface area contributed by atoms with Gasteiger partial charge in [0.2, 0.25) is 11.8 Å². The molecule has 4 rings (SSSR count). The first kappa shape index (κ1) is 21.3. The number of benzene rings is 1. The van der Waals surface area contributed by atoms with Crippen LogP contribution in [0.15, 0.2) is 18.2 Å². The third-order valence-corrected chi connectivity index (χ3v) is 6.03. The summed E-state index contributed by atoms with van der Waals surface area (Å²) in [6, 6.07) is 4.89. The predicted molar refractivity (Wildman–Crippen MR) is 114 cm³/mol. The molecule has 1 atom stereocenters. The van der Waals surface area contributed by atoms with E-state index in [4.69, 9.17) is 14.2 Å². The largest absolute Gasteiger partial charge is 0.454 e. The van der Waals surface area contributed by atoms with E-state index in [0.717, 1.165) is 19.3 Å². The first-order chi connectivity index (χ1) is 15.2. The molecule has 166 valence electrons. The SMILES string of the molecule is CCOCCCNC(=O)N1CCCC1c1nnc(C(=O)Nc2ccc3c(c2)OCO3)s1. The summed E-state index contributed by atoms with van der Waals surface area (Å²) in [5, 5.41) is 14.9. The van der Waals surface area contributed by atoms with E-state index in [9.17, 15) is 9.59 Å². The number of hydrogen-bond acceptors (Lipinski definition) is 8. The Morgan fingerprint density at radius 1 is 1.29 bits per heavy atom. The number of hydrogen-bond donors (Lipinski definition) is 2. The highest BCUT2D eigenvalue weighted by Crippen LogP contribution is 2.35. The van der Waals surface area contributed by atoms with Crippen molar-refractivity contribution in [3.63, 3.8) is 0 Å². The lowest BCUT2D eigenvalue weighted by atomic mass is 10.2. The van der Waals surface area contributed by atoms with Crippen LogP contribution in [0.25, 0.3) is 0 Å². The molecule has 0 saturated carbocycles. The maximum atomic E-state index is 12.6. The van der Waals surface area contributed by atoms with Gasteiger partial charge in [-0.1, -0.05) is 11.3 Å². The lowest BCUT2D eigenvalue weighted by Crippen LogP contribution is -2.40. The van der Waals surface area contributed by atoms with Crippen LogP contribution in [0.1, 0.15) is 47.0 Å². The van der Waals surface area contributed by atoms with Crippen LogP contribution in [0.5, 0.6) is 11.5 Å². The monoisotopic (exact) mass is 447 g/mol. The van der Waals surface area contributed by atoms with E-state index in [0.29, 0.717) is 48.5 Å². The molecule has 3 heterocycles. The van der Waals surface area contributed by atoms with Gasteiger partial charge in [-0.3, -0.25) is 4.79 Å². The Morgan fingerprint density at radius 3 is 3.03 bits per heavy atom. The average molecular weight is 448 g/mol. The number of carbonyl (C=O) groups is 2. The van der Waals surface area contributed by atoms with E-state index in [2.05, 4.69) is 20.8 Å². The van der Waals surface area contributed by atoms with Gasteiger partial charge in [0.1, 0.15) is 5.01 Å². The predicted octanol–water partition coefficient (Wildman–Crippen LogP) is 2.79. The topological polar surface area (TPSA) is 115 Å². The quantitative estimate of drug-likeness (QED) is 0.598. The molecule has 0 bridgehead atoms. The Hall–Kier alpha value is -2.92. The fraction of sp³-hybridized carbons (Fsp3) is 0.500. The minimum absolute atomic E-state index is 0.124. The molecule has 1 fully saturated rings. The van der Waals surface area contributed by atoms with Crippen molar-refractivity contribution in [2.24, 2.45) is 0 Å². The Bertz CT molecular complexity index is 936. The molecule has 0 aliphatic carbocycles. The fourth-order valence-corrected chi connectivity index (χ4v) is 4.39. The molecule has 10 nitrogen and oxygen atoms in total. The lowest BCUT2D eigenvalue weighted by molar-refractivity contribution is 0.102. The fourth-order valence-electron chi connectivity index (χ4n) is 3.50. The van der Waals surface area contributed by atoms with Gasteiger partial charge in [-0.25, -0.2) is 4.79 Å². The van der Waals surface area contributed by atoms with Crippen LogP contribution in [0.3, 0.4) is 0 Å². The minimum atomic E-state index is -0.354. The zero-order chi connectivity index (χ0) is 21.6. The molecule has 31 heavy (non-hydrogen) atoms. The van der Waals surface area contributed by atoms with E-state index < -0.39 is 0 Å². The summed E-state index contributed by atoms with van der Waals surface area (Å²) in [6.07, 6.45) is 2.45. The summed E-state index contributed by atoms with van der Waals surface area (Å²) in [4.78, 5) is 26.9. The number of anilines is 1. The first-order valence-electron chi connectivity index (χ1n) is 10.3. The van der Waals surface area contributed by atoms with Crippen molar-refractivity contribution in [3.05, 3.63) is 28.2 Å². The van der Waals surface area contributed by atoms with Crippen molar-refractivity contribution in [3.8, 4) is 11.5 Å². The second-order valence-corrected chi connectivity index (χ2v) is 8.11. The smallest absolute Gasteiger partial charge is 0.317 e. The van der Waals surface area contributed by atoms with Crippen LogP contribution < -0.4 is 20.1 Å². The van der Waals surface area contributed by atoms with Gasteiger partial charge < -0.3 is 29.7 Å². The lowest BCUT2D eigenvalue weighted by Gasteiger charge is -2.23. The Kier molecular flexibility index (Phi) is 6.82. The van der Waals surface area contributed by atoms with Crippen molar-refractivity contribution in [2.45, 2.75) is 32.2 Å². The second-order valence-electron chi connectivity index (χ2n) is 7.10. The number of nitrogens with zero attached hydrogens (tertiary/aromatic N) is 3. The van der Waals surface area contributed by atoms with Gasteiger partial charge in [0.25, 0.3) is 5.91 Å². The van der Waals surface area contributed by atoms with E-state index in [-0.39, 0.29) is 29.8 Å². The number of urea groups is 1. The van der Waals surface area contributed by atoms with Gasteiger partial charge >= 0.3 is 6.03 Å². The van der Waals surface area contributed by atoms with E-state index in [1.165, 1.54) is 11.3 Å².